The summed E-state index contributed by atoms with van der Waals surface area (Å²) in [5, 5.41) is 0. The van der Waals surface area contributed by atoms with E-state index in [0.717, 1.165) is 17.8 Å². The summed E-state index contributed by atoms with van der Waals surface area (Å²) < 4.78 is 0. The van der Waals surface area contributed by atoms with E-state index >= 15 is 0 Å². The monoisotopic (exact) mass is 292 g/mol. The maximum atomic E-state index is 6.29. The van der Waals surface area contributed by atoms with Crippen LogP contribution in [-0.2, 0) is 0 Å². The van der Waals surface area contributed by atoms with Gasteiger partial charge < -0.3 is 5.73 Å². The lowest BCUT2D eigenvalue weighted by atomic mass is 9.88. The van der Waals surface area contributed by atoms with Gasteiger partial charge in [0.1, 0.15) is 0 Å². The van der Waals surface area contributed by atoms with Crippen molar-refractivity contribution in [3.05, 3.63) is 21.9 Å². The number of likely N-dealkylation sites (N-methyl/N-ethyl adjacent to an activating group) is 1. The first-order valence-electron chi connectivity index (χ1n) is 8.06. The molecule has 5 unspecified atom stereocenters. The number of nitrogens with two attached hydrogens (primary N) is 1. The number of thiophene rings is 1. The standard InChI is InChI=1S/C17H28N2S/c1-11-4-7-16(20-11)17(12(2)18)19(3)10-15-9-13-5-6-14(15)8-13/h4,7,12-15,17H,5-6,8-10,18H2,1-3H3. The Bertz CT molecular complexity index is 454. The van der Waals surface area contributed by atoms with Crippen LogP contribution < -0.4 is 5.73 Å². The van der Waals surface area contributed by atoms with Crippen LogP contribution in [0.25, 0.3) is 0 Å². The van der Waals surface area contributed by atoms with Crippen molar-refractivity contribution >= 4 is 11.3 Å². The first-order chi connectivity index (χ1) is 9.54. The molecule has 1 aromatic heterocycles. The third-order valence-corrected chi connectivity index (χ3v) is 6.50. The molecule has 2 nitrogen and oxygen atoms in total. The van der Waals surface area contributed by atoms with Gasteiger partial charge in [0.25, 0.3) is 0 Å². The summed E-state index contributed by atoms with van der Waals surface area (Å²) in [6.07, 6.45) is 5.93. The van der Waals surface area contributed by atoms with Crippen molar-refractivity contribution in [3.8, 4) is 0 Å². The number of rotatable bonds is 5. The fourth-order valence-corrected chi connectivity index (χ4v) is 5.73. The minimum Gasteiger partial charge on any atom is -0.326 e. The molecule has 2 saturated carbocycles. The maximum absolute atomic E-state index is 6.29. The van der Waals surface area contributed by atoms with Crippen molar-refractivity contribution in [2.45, 2.75) is 51.6 Å². The summed E-state index contributed by atoms with van der Waals surface area (Å²) in [4.78, 5) is 5.35. The molecule has 3 rings (SSSR count). The third kappa shape index (κ3) is 2.81. The summed E-state index contributed by atoms with van der Waals surface area (Å²) in [5.74, 6) is 2.96. The van der Waals surface area contributed by atoms with E-state index in [9.17, 15) is 0 Å². The van der Waals surface area contributed by atoms with Crippen LogP contribution in [0.1, 0.15) is 48.4 Å². The zero-order valence-electron chi connectivity index (χ0n) is 13.0. The Labute approximate surface area is 127 Å². The van der Waals surface area contributed by atoms with Gasteiger partial charge in [-0.05, 0) is 70.0 Å². The first-order valence-corrected chi connectivity index (χ1v) is 8.88. The van der Waals surface area contributed by atoms with Crippen LogP contribution in [0, 0.1) is 24.7 Å². The lowest BCUT2D eigenvalue weighted by Gasteiger charge is -2.34. The predicted octanol–water partition coefficient (Wildman–Crippen LogP) is 3.81. The van der Waals surface area contributed by atoms with Crippen LogP contribution in [-0.4, -0.2) is 24.5 Å². The number of fused-ring (bicyclic) bond motifs is 2. The van der Waals surface area contributed by atoms with E-state index in [0.29, 0.717) is 6.04 Å². The van der Waals surface area contributed by atoms with Gasteiger partial charge in [-0.3, -0.25) is 4.90 Å². The number of hydrogen-bond acceptors (Lipinski definition) is 3. The van der Waals surface area contributed by atoms with E-state index in [1.54, 1.807) is 0 Å². The highest BCUT2D eigenvalue weighted by molar-refractivity contribution is 7.12. The Morgan fingerprint density at radius 3 is 2.65 bits per heavy atom. The molecule has 2 N–H and O–H groups in total. The van der Waals surface area contributed by atoms with Gasteiger partial charge in [0.2, 0.25) is 0 Å². The molecule has 0 saturated heterocycles. The fourth-order valence-electron chi connectivity index (χ4n) is 4.57. The highest BCUT2D eigenvalue weighted by Gasteiger charge is 2.40. The number of aryl methyl sites for hydroxylation is 1. The van der Waals surface area contributed by atoms with Gasteiger partial charge in [0, 0.05) is 22.3 Å². The first kappa shape index (κ1) is 14.6. The van der Waals surface area contributed by atoms with Crippen LogP contribution >= 0.6 is 11.3 Å². The van der Waals surface area contributed by atoms with Crippen LogP contribution in [0.15, 0.2) is 12.1 Å². The van der Waals surface area contributed by atoms with Gasteiger partial charge in [0.05, 0.1) is 6.04 Å². The topological polar surface area (TPSA) is 29.3 Å². The zero-order chi connectivity index (χ0) is 14.3. The largest absolute Gasteiger partial charge is 0.326 e. The van der Waals surface area contributed by atoms with Crippen LogP contribution in [0.3, 0.4) is 0 Å². The predicted molar refractivity (Wildman–Crippen MR) is 87.0 cm³/mol. The van der Waals surface area contributed by atoms with Crippen molar-refractivity contribution in [2.75, 3.05) is 13.6 Å². The molecule has 2 aliphatic rings. The normalized spacial score (nSPS) is 31.9. The van der Waals surface area contributed by atoms with E-state index in [1.165, 1.54) is 42.0 Å². The number of hydrogen-bond donors (Lipinski definition) is 1. The molecule has 3 heteroatoms. The van der Waals surface area contributed by atoms with E-state index in [1.807, 2.05) is 11.3 Å². The van der Waals surface area contributed by atoms with Crippen molar-refractivity contribution in [1.82, 2.24) is 4.90 Å². The van der Waals surface area contributed by atoms with Gasteiger partial charge in [-0.1, -0.05) is 6.42 Å². The molecule has 0 amide bonds. The Morgan fingerprint density at radius 1 is 1.35 bits per heavy atom. The van der Waals surface area contributed by atoms with Gasteiger partial charge >= 0.3 is 0 Å². The molecule has 2 aliphatic carbocycles. The van der Waals surface area contributed by atoms with E-state index in [4.69, 9.17) is 5.73 Å². The maximum Gasteiger partial charge on any atom is 0.0588 e. The highest BCUT2D eigenvalue weighted by atomic mass is 32.1. The van der Waals surface area contributed by atoms with Crippen molar-refractivity contribution in [1.29, 1.82) is 0 Å². The van der Waals surface area contributed by atoms with E-state index < -0.39 is 0 Å². The highest BCUT2D eigenvalue weighted by Crippen LogP contribution is 2.48. The second kappa shape index (κ2) is 5.78. The molecule has 1 aromatic rings. The molecule has 5 atom stereocenters. The molecule has 112 valence electrons. The van der Waals surface area contributed by atoms with Crippen molar-refractivity contribution < 1.29 is 0 Å². The smallest absolute Gasteiger partial charge is 0.0588 e. The molecule has 20 heavy (non-hydrogen) atoms. The van der Waals surface area contributed by atoms with Crippen molar-refractivity contribution in [2.24, 2.45) is 23.5 Å². The van der Waals surface area contributed by atoms with Crippen molar-refractivity contribution in [3.63, 3.8) is 0 Å². The summed E-state index contributed by atoms with van der Waals surface area (Å²) in [7, 11) is 2.27. The van der Waals surface area contributed by atoms with E-state index in [2.05, 4.69) is 37.9 Å². The summed E-state index contributed by atoms with van der Waals surface area (Å²) in [6, 6.07) is 5.07. The second-order valence-corrected chi connectivity index (χ2v) is 8.45. The van der Waals surface area contributed by atoms with Gasteiger partial charge in [-0.2, -0.15) is 0 Å². The van der Waals surface area contributed by atoms with Crippen LogP contribution in [0.2, 0.25) is 0 Å². The summed E-state index contributed by atoms with van der Waals surface area (Å²) in [6.45, 7) is 5.56. The Balaban J connectivity index is 1.68. The molecule has 2 fully saturated rings. The second-order valence-electron chi connectivity index (χ2n) is 7.13. The minimum absolute atomic E-state index is 0.191. The third-order valence-electron chi connectivity index (χ3n) is 5.43. The van der Waals surface area contributed by atoms with E-state index in [-0.39, 0.29) is 6.04 Å². The van der Waals surface area contributed by atoms with Gasteiger partial charge in [-0.15, -0.1) is 11.3 Å². The molecule has 0 spiro atoms. The molecule has 2 bridgehead atoms. The summed E-state index contributed by atoms with van der Waals surface area (Å²) >= 11 is 1.90. The molecular formula is C17H28N2S. The van der Waals surface area contributed by atoms with Gasteiger partial charge in [-0.25, -0.2) is 0 Å². The molecular weight excluding hydrogens is 264 g/mol. The Kier molecular flexibility index (Phi) is 4.21. The van der Waals surface area contributed by atoms with Crippen LogP contribution in [0.5, 0.6) is 0 Å². The fraction of sp³-hybridized carbons (Fsp3) is 0.765. The summed E-state index contributed by atoms with van der Waals surface area (Å²) in [5.41, 5.74) is 6.29. The SMILES string of the molecule is Cc1ccc(C(C(C)N)N(C)CC2CC3CCC2C3)s1. The minimum atomic E-state index is 0.191. The van der Waals surface area contributed by atoms with Crippen LogP contribution in [0.4, 0.5) is 0 Å². The lowest BCUT2D eigenvalue weighted by Crippen LogP contribution is -2.40. The lowest BCUT2D eigenvalue weighted by molar-refractivity contribution is 0.160. The molecule has 0 aromatic carbocycles. The Hall–Kier alpha value is -0.380. The quantitative estimate of drug-likeness (QED) is 0.894. The average Bonchev–Trinajstić information content (AvgIpc) is 3.06. The average molecular weight is 292 g/mol. The molecule has 1 heterocycles. The molecule has 0 aliphatic heterocycles. The van der Waals surface area contributed by atoms with Gasteiger partial charge in [0.15, 0.2) is 0 Å². The zero-order valence-corrected chi connectivity index (χ0v) is 13.8. The number of nitrogens with zero attached hydrogens (tertiary/aromatic N) is 1. The molecule has 0 radical (unpaired) electrons. The Morgan fingerprint density at radius 2 is 2.15 bits per heavy atom.